The lowest BCUT2D eigenvalue weighted by Gasteiger charge is -2.28. The van der Waals surface area contributed by atoms with Gasteiger partial charge in [0.2, 0.25) is 0 Å². The fraction of sp³-hybridized carbons (Fsp3) is 0.875. The number of nitrogens with zero attached hydrogens (tertiary/aromatic N) is 1. The number of phosphoric ester groups is 1. The van der Waals surface area contributed by atoms with E-state index in [0.717, 1.165) is 57.8 Å². The van der Waals surface area contributed by atoms with Crippen LogP contribution in [0.2, 0.25) is 0 Å². The van der Waals surface area contributed by atoms with E-state index in [1.165, 1.54) is 128 Å². The number of allylic oxidation sites excluding steroid dienone is 4. The normalized spacial score (nSPS) is 13.7. The van der Waals surface area contributed by atoms with Crippen molar-refractivity contribution >= 4 is 19.8 Å². The number of likely N-dealkylation sites (N-methyl/N-ethyl adjacent to an activating group) is 1. The third kappa shape index (κ3) is 44.1. The maximum Gasteiger partial charge on any atom is 0.306 e. The Bertz CT molecular complexity index is 1040. The first-order chi connectivity index (χ1) is 28.0. The fourth-order valence-electron chi connectivity index (χ4n) is 6.64. The third-order valence-corrected chi connectivity index (χ3v) is 11.4. The van der Waals surface area contributed by atoms with Crippen molar-refractivity contribution < 1.29 is 42.1 Å². The summed E-state index contributed by atoms with van der Waals surface area (Å²) in [6.45, 7) is 4.23. The highest BCUT2D eigenvalue weighted by molar-refractivity contribution is 7.45. The Labute approximate surface area is 358 Å². The second-order valence-electron chi connectivity index (χ2n) is 17.5. The average molecular weight is 842 g/mol. The molecule has 0 radical (unpaired) electrons. The Balaban J connectivity index is 4.30. The molecule has 10 heteroatoms. The molecule has 0 fully saturated rings. The van der Waals surface area contributed by atoms with Crippen LogP contribution in [-0.2, 0) is 32.7 Å². The Morgan fingerprint density at radius 3 is 1.28 bits per heavy atom. The van der Waals surface area contributed by atoms with Gasteiger partial charge in [-0.2, -0.15) is 0 Å². The van der Waals surface area contributed by atoms with Crippen molar-refractivity contribution in [1.82, 2.24) is 0 Å². The molecule has 0 N–H and O–H groups in total. The first-order valence-corrected chi connectivity index (χ1v) is 25.5. The van der Waals surface area contributed by atoms with Gasteiger partial charge < -0.3 is 27.9 Å². The minimum atomic E-state index is -4.63. The number of quaternary nitrogens is 1. The maximum absolute atomic E-state index is 12.7. The molecule has 0 saturated heterocycles. The van der Waals surface area contributed by atoms with Gasteiger partial charge in [-0.05, 0) is 64.2 Å². The van der Waals surface area contributed by atoms with Gasteiger partial charge in [0.25, 0.3) is 7.82 Å². The molecule has 0 aromatic rings. The number of hydrogen-bond donors (Lipinski definition) is 0. The third-order valence-electron chi connectivity index (χ3n) is 10.4. The predicted octanol–water partition coefficient (Wildman–Crippen LogP) is 13.3. The second-order valence-corrected chi connectivity index (χ2v) is 18.9. The highest BCUT2D eigenvalue weighted by Gasteiger charge is 2.21. The number of rotatable bonds is 44. The molecule has 0 heterocycles. The van der Waals surface area contributed by atoms with E-state index in [4.69, 9.17) is 18.5 Å². The highest BCUT2D eigenvalue weighted by atomic mass is 31.2. The van der Waals surface area contributed by atoms with E-state index >= 15 is 0 Å². The van der Waals surface area contributed by atoms with Crippen LogP contribution in [0.4, 0.5) is 0 Å². The molecule has 0 aliphatic carbocycles. The van der Waals surface area contributed by atoms with E-state index in [2.05, 4.69) is 38.2 Å². The lowest BCUT2D eigenvalue weighted by atomic mass is 10.1. The van der Waals surface area contributed by atoms with Crippen molar-refractivity contribution in [2.45, 2.75) is 225 Å². The summed E-state index contributed by atoms with van der Waals surface area (Å²) in [6, 6.07) is 0. The summed E-state index contributed by atoms with van der Waals surface area (Å²) in [6.07, 6.45) is 44.8. The molecule has 9 nitrogen and oxygen atoms in total. The topological polar surface area (TPSA) is 111 Å². The minimum Gasteiger partial charge on any atom is -0.756 e. The molecular formula is C48H92NO8P. The SMILES string of the molecule is CCCCCCCC/C=C/CCCCCCCCCC(=O)OC[C@H](COP(=O)([O-])OCC[N+](C)(C)C)OC(=O)CCCCCCCCC/C=C/CCCCCCCC. The van der Waals surface area contributed by atoms with Gasteiger partial charge in [0.05, 0.1) is 27.7 Å². The predicted molar refractivity (Wildman–Crippen MR) is 241 cm³/mol. The Morgan fingerprint density at radius 2 is 0.879 bits per heavy atom. The molecule has 58 heavy (non-hydrogen) atoms. The van der Waals surface area contributed by atoms with Crippen LogP contribution >= 0.6 is 7.82 Å². The lowest BCUT2D eigenvalue weighted by molar-refractivity contribution is -0.870. The van der Waals surface area contributed by atoms with Gasteiger partial charge in [0.15, 0.2) is 6.10 Å². The number of unbranched alkanes of at least 4 members (excludes halogenated alkanes) is 26. The summed E-state index contributed by atoms with van der Waals surface area (Å²) >= 11 is 0. The van der Waals surface area contributed by atoms with Crippen molar-refractivity contribution in [1.29, 1.82) is 0 Å². The van der Waals surface area contributed by atoms with E-state index in [0.29, 0.717) is 17.4 Å². The van der Waals surface area contributed by atoms with Crippen molar-refractivity contribution in [3.63, 3.8) is 0 Å². The molecule has 0 saturated carbocycles. The molecule has 0 spiro atoms. The van der Waals surface area contributed by atoms with Crippen LogP contribution in [0.15, 0.2) is 24.3 Å². The molecule has 0 aromatic heterocycles. The molecule has 0 aliphatic rings. The number of ether oxygens (including phenoxy) is 2. The van der Waals surface area contributed by atoms with Crippen LogP contribution in [0.5, 0.6) is 0 Å². The monoisotopic (exact) mass is 842 g/mol. The van der Waals surface area contributed by atoms with Gasteiger partial charge in [0, 0.05) is 12.8 Å². The van der Waals surface area contributed by atoms with E-state index in [-0.39, 0.29) is 32.0 Å². The van der Waals surface area contributed by atoms with Gasteiger partial charge >= 0.3 is 11.9 Å². The van der Waals surface area contributed by atoms with Gasteiger partial charge in [-0.3, -0.25) is 14.2 Å². The van der Waals surface area contributed by atoms with Gasteiger partial charge in [-0.15, -0.1) is 0 Å². The molecule has 0 rings (SSSR count). The number of phosphoric acid groups is 1. The summed E-state index contributed by atoms with van der Waals surface area (Å²) in [7, 11) is 1.17. The molecular weight excluding hydrogens is 750 g/mol. The summed E-state index contributed by atoms with van der Waals surface area (Å²) in [5.74, 6) is -0.837. The van der Waals surface area contributed by atoms with Crippen molar-refractivity contribution in [3.05, 3.63) is 24.3 Å². The molecule has 0 bridgehead atoms. The van der Waals surface area contributed by atoms with Crippen LogP contribution in [-0.4, -0.2) is 70.0 Å². The van der Waals surface area contributed by atoms with E-state index in [1.54, 1.807) is 0 Å². The summed E-state index contributed by atoms with van der Waals surface area (Å²) < 4.78 is 34.0. The summed E-state index contributed by atoms with van der Waals surface area (Å²) in [5.41, 5.74) is 0. The average Bonchev–Trinajstić information content (AvgIpc) is 3.17. The zero-order chi connectivity index (χ0) is 42.8. The van der Waals surface area contributed by atoms with Crippen LogP contribution in [0.3, 0.4) is 0 Å². The van der Waals surface area contributed by atoms with Crippen molar-refractivity contribution in [2.24, 2.45) is 0 Å². The Hall–Kier alpha value is -1.51. The standard InChI is InChI=1S/C48H92NO8P/c1-6-8-10-12-14-16-18-20-22-24-26-28-30-32-34-36-38-40-47(50)54-44-46(45-56-58(52,53)55-43-42-49(3,4)5)57-48(51)41-39-37-35-33-31-29-27-25-23-21-19-17-15-13-11-9-7-2/h20-23,46H,6-19,24-45H2,1-5H3/b22-20+,23-21+/t46-/m1/s1. The van der Waals surface area contributed by atoms with Crippen LogP contribution in [0.25, 0.3) is 0 Å². The molecule has 2 atom stereocenters. The van der Waals surface area contributed by atoms with E-state index in [9.17, 15) is 19.0 Å². The van der Waals surface area contributed by atoms with Gasteiger partial charge in [-0.25, -0.2) is 0 Å². The van der Waals surface area contributed by atoms with E-state index in [1.807, 2.05) is 21.1 Å². The quantitative estimate of drug-likeness (QED) is 0.0196. The first kappa shape index (κ1) is 56.5. The largest absolute Gasteiger partial charge is 0.756 e. The van der Waals surface area contributed by atoms with Crippen molar-refractivity contribution in [3.8, 4) is 0 Å². The fourth-order valence-corrected chi connectivity index (χ4v) is 7.37. The maximum atomic E-state index is 12.7. The van der Waals surface area contributed by atoms with Gasteiger partial charge in [0.1, 0.15) is 19.8 Å². The molecule has 0 amide bonds. The smallest absolute Gasteiger partial charge is 0.306 e. The number of esters is 2. The first-order valence-electron chi connectivity index (χ1n) is 24.0. The summed E-state index contributed by atoms with van der Waals surface area (Å²) in [5, 5.41) is 0. The van der Waals surface area contributed by atoms with Gasteiger partial charge in [-0.1, -0.05) is 167 Å². The number of hydrogen-bond acceptors (Lipinski definition) is 8. The molecule has 0 aliphatic heterocycles. The zero-order valence-corrected chi connectivity index (χ0v) is 39.4. The minimum absolute atomic E-state index is 0.0310. The molecule has 0 aromatic carbocycles. The van der Waals surface area contributed by atoms with Crippen LogP contribution in [0, 0.1) is 0 Å². The zero-order valence-electron chi connectivity index (χ0n) is 38.5. The summed E-state index contributed by atoms with van der Waals surface area (Å²) in [4.78, 5) is 37.6. The Morgan fingerprint density at radius 1 is 0.517 bits per heavy atom. The van der Waals surface area contributed by atoms with Crippen LogP contribution < -0.4 is 4.89 Å². The lowest BCUT2D eigenvalue weighted by Crippen LogP contribution is -2.37. The number of carbonyl (C=O) groups is 2. The second kappa shape index (κ2) is 40.9. The van der Waals surface area contributed by atoms with Crippen LogP contribution in [0.1, 0.15) is 219 Å². The molecule has 1 unspecified atom stereocenters. The molecule has 342 valence electrons. The van der Waals surface area contributed by atoms with E-state index < -0.39 is 26.5 Å². The highest BCUT2D eigenvalue weighted by Crippen LogP contribution is 2.38. The number of carbonyl (C=O) groups excluding carboxylic acids is 2. The van der Waals surface area contributed by atoms with Crippen molar-refractivity contribution in [2.75, 3.05) is 47.5 Å². The Kier molecular flexibility index (Phi) is 39.8.